The normalized spacial score (nSPS) is 19.2. The smallest absolute Gasteiger partial charge is 0.297 e. The lowest BCUT2D eigenvalue weighted by Crippen LogP contribution is -2.46. The van der Waals surface area contributed by atoms with Gasteiger partial charge in [0.15, 0.2) is 0 Å². The van der Waals surface area contributed by atoms with Crippen molar-refractivity contribution >= 4 is 11.6 Å². The van der Waals surface area contributed by atoms with E-state index >= 15 is 0 Å². The molecule has 1 atom stereocenters. The third-order valence-corrected chi connectivity index (χ3v) is 3.84. The van der Waals surface area contributed by atoms with Crippen LogP contribution >= 0.6 is 11.6 Å². The van der Waals surface area contributed by atoms with E-state index in [0.717, 1.165) is 12.0 Å². The standard InChI is InChI=1S/C14H17ClF3N/c1-2-3-12(10-4-6-11(15)7-5-10)19-13(8-9-13)14(16,17)18/h4-7,12,19H,2-3,8-9H2,1H3. The van der Waals surface area contributed by atoms with Gasteiger partial charge in [-0.2, -0.15) is 13.2 Å². The topological polar surface area (TPSA) is 12.0 Å². The molecule has 0 amide bonds. The van der Waals surface area contributed by atoms with Gasteiger partial charge in [-0.1, -0.05) is 37.1 Å². The van der Waals surface area contributed by atoms with E-state index in [0.29, 0.717) is 11.4 Å². The number of benzene rings is 1. The van der Waals surface area contributed by atoms with Crippen molar-refractivity contribution in [2.24, 2.45) is 0 Å². The SMILES string of the molecule is CCCC(NC1(C(F)(F)F)CC1)c1ccc(Cl)cc1. The molecule has 0 aromatic heterocycles. The minimum atomic E-state index is -4.18. The number of hydrogen-bond acceptors (Lipinski definition) is 1. The predicted molar refractivity (Wildman–Crippen MR) is 70.3 cm³/mol. The number of halogens is 4. The molecule has 0 bridgehead atoms. The van der Waals surface area contributed by atoms with Crippen LogP contribution in [0.15, 0.2) is 24.3 Å². The Kier molecular flexibility index (Phi) is 4.11. The van der Waals surface area contributed by atoms with Crippen LogP contribution in [0.2, 0.25) is 5.02 Å². The van der Waals surface area contributed by atoms with Crippen LogP contribution in [-0.4, -0.2) is 11.7 Å². The molecule has 1 aromatic rings. The Morgan fingerprint density at radius 2 is 1.84 bits per heavy atom. The minimum absolute atomic E-state index is 0.171. The van der Waals surface area contributed by atoms with Crippen molar-refractivity contribution < 1.29 is 13.2 Å². The Hall–Kier alpha value is -0.740. The summed E-state index contributed by atoms with van der Waals surface area (Å²) in [6.07, 6.45) is -2.33. The monoisotopic (exact) mass is 291 g/mol. The molecule has 1 N–H and O–H groups in total. The molecule has 0 saturated heterocycles. The molecule has 0 heterocycles. The highest BCUT2D eigenvalue weighted by molar-refractivity contribution is 6.30. The summed E-state index contributed by atoms with van der Waals surface area (Å²) in [6.45, 7) is 1.97. The molecule has 1 unspecified atom stereocenters. The molecule has 1 aliphatic carbocycles. The van der Waals surface area contributed by atoms with Crippen LogP contribution in [0.3, 0.4) is 0 Å². The van der Waals surface area contributed by atoms with Crippen molar-refractivity contribution in [3.8, 4) is 0 Å². The zero-order valence-corrected chi connectivity index (χ0v) is 11.5. The number of nitrogens with one attached hydrogen (secondary N) is 1. The molecule has 1 aromatic carbocycles. The van der Waals surface area contributed by atoms with E-state index in [1.54, 1.807) is 24.3 Å². The molecule has 0 radical (unpaired) electrons. The number of rotatable bonds is 5. The van der Waals surface area contributed by atoms with Crippen LogP contribution in [-0.2, 0) is 0 Å². The van der Waals surface area contributed by atoms with E-state index in [1.807, 2.05) is 6.92 Å². The van der Waals surface area contributed by atoms with Crippen LogP contribution in [0.1, 0.15) is 44.2 Å². The van der Waals surface area contributed by atoms with Gasteiger partial charge in [-0.3, -0.25) is 5.32 Å². The van der Waals surface area contributed by atoms with Crippen LogP contribution in [0, 0.1) is 0 Å². The summed E-state index contributed by atoms with van der Waals surface area (Å²) in [7, 11) is 0. The second kappa shape index (κ2) is 5.33. The van der Waals surface area contributed by atoms with Gasteiger partial charge >= 0.3 is 6.18 Å². The molecule has 106 valence electrons. The number of hydrogen-bond donors (Lipinski definition) is 1. The van der Waals surface area contributed by atoms with Gasteiger partial charge in [0.1, 0.15) is 5.54 Å². The van der Waals surface area contributed by atoms with Crippen molar-refractivity contribution in [2.45, 2.75) is 50.4 Å². The van der Waals surface area contributed by atoms with Gasteiger partial charge in [0.2, 0.25) is 0 Å². The lowest BCUT2D eigenvalue weighted by molar-refractivity contribution is -0.168. The highest BCUT2D eigenvalue weighted by atomic mass is 35.5. The summed E-state index contributed by atoms with van der Waals surface area (Å²) in [5, 5.41) is 3.41. The first-order valence-electron chi connectivity index (χ1n) is 6.48. The molecule has 1 aliphatic rings. The maximum absolute atomic E-state index is 13.0. The van der Waals surface area contributed by atoms with Gasteiger partial charge in [0, 0.05) is 11.1 Å². The zero-order valence-electron chi connectivity index (χ0n) is 10.7. The molecule has 19 heavy (non-hydrogen) atoms. The van der Waals surface area contributed by atoms with Gasteiger partial charge in [0.05, 0.1) is 0 Å². The predicted octanol–water partition coefficient (Wildman–Crippen LogP) is 4.87. The quantitative estimate of drug-likeness (QED) is 0.816. The lowest BCUT2D eigenvalue weighted by atomic mass is 10.0. The first-order chi connectivity index (χ1) is 8.88. The van der Waals surface area contributed by atoms with E-state index in [9.17, 15) is 13.2 Å². The average molecular weight is 292 g/mol. The molecule has 2 rings (SSSR count). The fourth-order valence-electron chi connectivity index (χ4n) is 2.27. The van der Waals surface area contributed by atoms with Crippen molar-refractivity contribution in [1.29, 1.82) is 0 Å². The average Bonchev–Trinajstić information content (AvgIpc) is 3.10. The Balaban J connectivity index is 2.15. The molecular weight excluding hydrogens is 275 g/mol. The minimum Gasteiger partial charge on any atom is -0.297 e. The zero-order chi connectivity index (χ0) is 14.1. The first-order valence-corrected chi connectivity index (χ1v) is 6.86. The highest BCUT2D eigenvalue weighted by Crippen LogP contribution is 2.50. The summed E-state index contributed by atoms with van der Waals surface area (Å²) in [5.74, 6) is 0. The summed E-state index contributed by atoms with van der Waals surface area (Å²) < 4.78 is 39.0. The maximum Gasteiger partial charge on any atom is 0.406 e. The van der Waals surface area contributed by atoms with Crippen molar-refractivity contribution in [2.75, 3.05) is 0 Å². The van der Waals surface area contributed by atoms with Crippen LogP contribution < -0.4 is 5.32 Å². The van der Waals surface area contributed by atoms with E-state index < -0.39 is 11.7 Å². The second-order valence-electron chi connectivity index (χ2n) is 5.12. The Morgan fingerprint density at radius 3 is 2.26 bits per heavy atom. The first kappa shape index (κ1) is 14.7. The van der Waals surface area contributed by atoms with E-state index in [2.05, 4.69) is 5.32 Å². The molecule has 1 fully saturated rings. The molecular formula is C14H17ClF3N. The second-order valence-corrected chi connectivity index (χ2v) is 5.55. The summed E-state index contributed by atoms with van der Waals surface area (Å²) in [5.41, 5.74) is -0.811. The van der Waals surface area contributed by atoms with Gasteiger partial charge in [-0.05, 0) is 37.0 Å². The van der Waals surface area contributed by atoms with Gasteiger partial charge in [-0.15, -0.1) is 0 Å². The number of alkyl halides is 3. The Bertz CT molecular complexity index is 423. The summed E-state index contributed by atoms with van der Waals surface area (Å²) in [4.78, 5) is 0. The third kappa shape index (κ3) is 3.23. The van der Waals surface area contributed by atoms with Crippen LogP contribution in [0.4, 0.5) is 13.2 Å². The van der Waals surface area contributed by atoms with Crippen molar-refractivity contribution in [3.63, 3.8) is 0 Å². The van der Waals surface area contributed by atoms with E-state index in [4.69, 9.17) is 11.6 Å². The molecule has 5 heteroatoms. The molecule has 0 aliphatic heterocycles. The summed E-state index contributed by atoms with van der Waals surface area (Å²) in [6, 6.07) is 6.75. The fraction of sp³-hybridized carbons (Fsp3) is 0.571. The Labute approximate surface area is 116 Å². The fourth-order valence-corrected chi connectivity index (χ4v) is 2.40. The van der Waals surface area contributed by atoms with Gasteiger partial charge in [-0.25, -0.2) is 0 Å². The van der Waals surface area contributed by atoms with Gasteiger partial charge in [0.25, 0.3) is 0 Å². The molecule has 1 saturated carbocycles. The van der Waals surface area contributed by atoms with Gasteiger partial charge < -0.3 is 0 Å². The Morgan fingerprint density at radius 1 is 1.26 bits per heavy atom. The van der Waals surface area contributed by atoms with Crippen molar-refractivity contribution in [1.82, 2.24) is 5.32 Å². The third-order valence-electron chi connectivity index (χ3n) is 3.59. The largest absolute Gasteiger partial charge is 0.406 e. The van der Waals surface area contributed by atoms with E-state index in [1.165, 1.54) is 0 Å². The summed E-state index contributed by atoms with van der Waals surface area (Å²) >= 11 is 5.81. The molecule has 1 nitrogen and oxygen atoms in total. The molecule has 0 spiro atoms. The maximum atomic E-state index is 13.0. The van der Waals surface area contributed by atoms with Crippen LogP contribution in [0.5, 0.6) is 0 Å². The highest BCUT2D eigenvalue weighted by Gasteiger charge is 2.63. The van der Waals surface area contributed by atoms with Crippen LogP contribution in [0.25, 0.3) is 0 Å². The van der Waals surface area contributed by atoms with E-state index in [-0.39, 0.29) is 18.9 Å². The lowest BCUT2D eigenvalue weighted by Gasteiger charge is -2.27. The van der Waals surface area contributed by atoms with Crippen molar-refractivity contribution in [3.05, 3.63) is 34.9 Å².